The third-order valence-electron chi connectivity index (χ3n) is 4.97. The van der Waals surface area contributed by atoms with E-state index >= 15 is 0 Å². The Labute approximate surface area is 191 Å². The molecule has 0 aromatic heterocycles. The summed E-state index contributed by atoms with van der Waals surface area (Å²) in [6.07, 6.45) is 0. The van der Waals surface area contributed by atoms with Crippen molar-refractivity contribution in [1.29, 1.82) is 0 Å². The Morgan fingerprint density at radius 2 is 1.45 bits per heavy atom. The largest absolute Gasteiger partial charge is 0.336 e. The first-order valence-electron chi connectivity index (χ1n) is 9.99. The predicted molar refractivity (Wildman–Crippen MR) is 126 cm³/mol. The Kier molecular flexibility index (Phi) is 6.44. The van der Waals surface area contributed by atoms with Crippen molar-refractivity contribution >= 4 is 40.9 Å². The summed E-state index contributed by atoms with van der Waals surface area (Å²) in [5.41, 5.74) is 2.19. The van der Waals surface area contributed by atoms with Crippen LogP contribution in [-0.2, 0) is 16.1 Å². The lowest BCUT2D eigenvalue weighted by molar-refractivity contribution is -0.138. The quantitative estimate of drug-likeness (QED) is 0.432. The number of carbonyl (C=O) groups is 2. The Balaban J connectivity index is 1.75. The van der Waals surface area contributed by atoms with E-state index in [0.29, 0.717) is 22.2 Å². The van der Waals surface area contributed by atoms with Gasteiger partial charge in [-0.1, -0.05) is 71.9 Å². The second-order valence-electron chi connectivity index (χ2n) is 7.00. The second-order valence-corrected chi connectivity index (χ2v) is 8.52. The van der Waals surface area contributed by atoms with Crippen molar-refractivity contribution in [2.45, 2.75) is 18.4 Å². The van der Waals surface area contributed by atoms with Gasteiger partial charge < -0.3 is 4.90 Å². The van der Waals surface area contributed by atoms with Gasteiger partial charge in [-0.25, -0.2) is 0 Å². The van der Waals surface area contributed by atoms with Gasteiger partial charge in [0.15, 0.2) is 0 Å². The van der Waals surface area contributed by atoms with E-state index in [2.05, 4.69) is 0 Å². The molecule has 0 N–H and O–H groups in total. The van der Waals surface area contributed by atoms with Gasteiger partial charge in [-0.15, -0.1) is 0 Å². The lowest BCUT2D eigenvalue weighted by Crippen LogP contribution is -2.34. The highest BCUT2D eigenvalue weighted by Crippen LogP contribution is 2.39. The first-order chi connectivity index (χ1) is 15.1. The molecule has 0 saturated heterocycles. The molecule has 0 spiro atoms. The average molecular weight is 449 g/mol. The fourth-order valence-electron chi connectivity index (χ4n) is 3.48. The molecule has 0 unspecified atom stereocenters. The van der Waals surface area contributed by atoms with E-state index in [1.54, 1.807) is 12.1 Å². The number of halogens is 1. The molecule has 156 valence electrons. The normalized spacial score (nSPS) is 13.8. The molecule has 6 heteroatoms. The maximum Gasteiger partial charge on any atom is 0.279 e. The molecule has 31 heavy (non-hydrogen) atoms. The number of thioether (sulfide) groups is 1. The molecule has 3 aromatic carbocycles. The lowest BCUT2D eigenvalue weighted by Gasteiger charge is -2.24. The topological polar surface area (TPSA) is 40.6 Å². The number of imide groups is 1. The monoisotopic (exact) mass is 448 g/mol. The predicted octanol–water partition coefficient (Wildman–Crippen LogP) is 5.74. The number of rotatable bonds is 7. The van der Waals surface area contributed by atoms with Crippen LogP contribution in [0, 0.1) is 0 Å². The minimum Gasteiger partial charge on any atom is -0.336 e. The maximum atomic E-state index is 13.5. The summed E-state index contributed by atoms with van der Waals surface area (Å²) in [5.74, 6) is -0.561. The number of para-hydroxylation sites is 1. The van der Waals surface area contributed by atoms with E-state index in [0.717, 1.165) is 16.1 Å². The van der Waals surface area contributed by atoms with Gasteiger partial charge in [-0.2, -0.15) is 0 Å². The summed E-state index contributed by atoms with van der Waals surface area (Å²) in [6, 6.07) is 26.5. The third kappa shape index (κ3) is 4.53. The summed E-state index contributed by atoms with van der Waals surface area (Å²) < 4.78 is 0. The first-order valence-corrected chi connectivity index (χ1v) is 11.2. The number of likely N-dealkylation sites (N-methyl/N-ethyl adjacent to an activating group) is 1. The van der Waals surface area contributed by atoms with Gasteiger partial charge in [0, 0.05) is 22.2 Å². The van der Waals surface area contributed by atoms with Crippen LogP contribution in [-0.4, -0.2) is 23.3 Å². The number of nitrogens with zero attached hydrogens (tertiary/aromatic N) is 2. The maximum absolute atomic E-state index is 13.5. The molecule has 4 nitrogen and oxygen atoms in total. The van der Waals surface area contributed by atoms with Crippen molar-refractivity contribution < 1.29 is 9.59 Å². The van der Waals surface area contributed by atoms with Crippen LogP contribution in [0.3, 0.4) is 0 Å². The highest BCUT2D eigenvalue weighted by Gasteiger charge is 2.41. The SMILES string of the molecule is CCN(C1=C(Sc2ccc(Cl)cc2)C(=O)N(Cc2ccccc2)C1=O)c1ccccc1. The summed E-state index contributed by atoms with van der Waals surface area (Å²) in [5, 5.41) is 0.623. The van der Waals surface area contributed by atoms with Crippen LogP contribution in [0.4, 0.5) is 5.69 Å². The summed E-state index contributed by atoms with van der Waals surface area (Å²) in [6.45, 7) is 2.77. The van der Waals surface area contributed by atoms with Gasteiger partial charge in [0.25, 0.3) is 11.8 Å². The fraction of sp³-hybridized carbons (Fsp3) is 0.120. The Morgan fingerprint density at radius 1 is 0.839 bits per heavy atom. The molecule has 1 aliphatic heterocycles. The molecule has 0 fully saturated rings. The molecule has 0 radical (unpaired) electrons. The Bertz CT molecular complexity index is 1120. The first kappa shape index (κ1) is 21.2. The van der Waals surface area contributed by atoms with Crippen molar-refractivity contribution in [3.63, 3.8) is 0 Å². The van der Waals surface area contributed by atoms with Crippen molar-refractivity contribution in [2.24, 2.45) is 0 Å². The average Bonchev–Trinajstić information content (AvgIpc) is 3.02. The zero-order chi connectivity index (χ0) is 21.8. The minimum atomic E-state index is -0.281. The third-order valence-corrected chi connectivity index (χ3v) is 6.31. The fourth-order valence-corrected chi connectivity index (χ4v) is 4.60. The zero-order valence-electron chi connectivity index (χ0n) is 17.0. The van der Waals surface area contributed by atoms with E-state index < -0.39 is 0 Å². The number of benzene rings is 3. The van der Waals surface area contributed by atoms with Crippen LogP contribution >= 0.6 is 23.4 Å². The molecule has 0 bridgehead atoms. The molecular weight excluding hydrogens is 428 g/mol. The molecule has 4 rings (SSSR count). The summed E-state index contributed by atoms with van der Waals surface area (Å²) in [7, 11) is 0. The number of anilines is 1. The molecule has 3 aromatic rings. The van der Waals surface area contributed by atoms with Crippen LogP contribution in [0.1, 0.15) is 12.5 Å². The second kappa shape index (κ2) is 9.41. The standard InChI is InChI=1S/C25H21ClN2O2S/c1-2-27(20-11-7-4-8-12-20)22-23(31-21-15-13-19(26)14-16-21)25(30)28(24(22)29)17-18-9-5-3-6-10-18/h3-16H,2,17H2,1H3. The minimum absolute atomic E-state index is 0.235. The zero-order valence-corrected chi connectivity index (χ0v) is 18.6. The molecule has 1 aliphatic rings. The number of hydrogen-bond donors (Lipinski definition) is 0. The lowest BCUT2D eigenvalue weighted by atomic mass is 10.2. The number of amides is 2. The van der Waals surface area contributed by atoms with Gasteiger partial charge in [-0.05, 0) is 48.9 Å². The van der Waals surface area contributed by atoms with Gasteiger partial charge in [0.2, 0.25) is 0 Å². The number of hydrogen-bond acceptors (Lipinski definition) is 4. The van der Waals surface area contributed by atoms with E-state index in [9.17, 15) is 9.59 Å². The van der Waals surface area contributed by atoms with E-state index in [-0.39, 0.29) is 18.4 Å². The summed E-state index contributed by atoms with van der Waals surface area (Å²) in [4.78, 5) is 31.5. The van der Waals surface area contributed by atoms with Crippen molar-refractivity contribution in [3.8, 4) is 0 Å². The van der Waals surface area contributed by atoms with Gasteiger partial charge >= 0.3 is 0 Å². The molecule has 0 aliphatic carbocycles. The van der Waals surface area contributed by atoms with E-state index in [4.69, 9.17) is 11.6 Å². The van der Waals surface area contributed by atoms with Crippen LogP contribution in [0.5, 0.6) is 0 Å². The summed E-state index contributed by atoms with van der Waals surface area (Å²) >= 11 is 7.32. The molecular formula is C25H21ClN2O2S. The number of carbonyl (C=O) groups excluding carboxylic acids is 2. The van der Waals surface area contributed by atoms with Crippen LogP contribution in [0.2, 0.25) is 5.02 Å². The smallest absolute Gasteiger partial charge is 0.279 e. The van der Waals surface area contributed by atoms with Crippen LogP contribution in [0.25, 0.3) is 0 Å². The van der Waals surface area contributed by atoms with Gasteiger partial charge in [-0.3, -0.25) is 14.5 Å². The molecule has 1 heterocycles. The van der Waals surface area contributed by atoms with Gasteiger partial charge in [0.05, 0.1) is 6.54 Å². The van der Waals surface area contributed by atoms with Crippen LogP contribution in [0.15, 0.2) is 100 Å². The highest BCUT2D eigenvalue weighted by atomic mass is 35.5. The molecule has 0 atom stereocenters. The van der Waals surface area contributed by atoms with Crippen LogP contribution < -0.4 is 4.90 Å². The molecule has 0 saturated carbocycles. The Morgan fingerprint density at radius 3 is 2.06 bits per heavy atom. The van der Waals surface area contributed by atoms with Gasteiger partial charge in [0.1, 0.15) is 10.6 Å². The molecule has 2 amide bonds. The van der Waals surface area contributed by atoms with E-state index in [1.807, 2.05) is 84.6 Å². The van der Waals surface area contributed by atoms with E-state index in [1.165, 1.54) is 16.7 Å². The highest BCUT2D eigenvalue weighted by molar-refractivity contribution is 8.04. The van der Waals surface area contributed by atoms with Crippen molar-refractivity contribution in [1.82, 2.24) is 4.90 Å². The Hall–Kier alpha value is -3.02. The van der Waals surface area contributed by atoms with Crippen molar-refractivity contribution in [2.75, 3.05) is 11.4 Å². The van der Waals surface area contributed by atoms with Crippen molar-refractivity contribution in [3.05, 3.63) is 106 Å².